The van der Waals surface area contributed by atoms with Crippen LogP contribution in [0.4, 0.5) is 0 Å². The molecule has 1 heterocycles. The van der Waals surface area contributed by atoms with E-state index in [1.165, 1.54) is 0 Å². The first-order valence-corrected chi connectivity index (χ1v) is 12.8. The van der Waals surface area contributed by atoms with Gasteiger partial charge in [-0.2, -0.15) is 4.31 Å². The zero-order valence-electron chi connectivity index (χ0n) is 19.5. The summed E-state index contributed by atoms with van der Waals surface area (Å²) in [4.78, 5) is 14.9. The number of rotatable bonds is 10. The summed E-state index contributed by atoms with van der Waals surface area (Å²) >= 11 is 0. The molecule has 1 fully saturated rings. The molecule has 1 aliphatic rings. The van der Waals surface area contributed by atoms with E-state index in [1.54, 1.807) is 31.5 Å². The van der Waals surface area contributed by atoms with Gasteiger partial charge in [0, 0.05) is 44.8 Å². The summed E-state index contributed by atoms with van der Waals surface area (Å²) in [6.07, 6.45) is 0.677. The Morgan fingerprint density at radius 1 is 0.970 bits per heavy atom. The topological polar surface area (TPSA) is 88.2 Å². The van der Waals surface area contributed by atoms with Crippen LogP contribution in [0.25, 0.3) is 0 Å². The monoisotopic (exact) mass is 475 g/mol. The maximum atomic E-state index is 12.6. The number of methoxy groups -OCH3 is 2. The van der Waals surface area contributed by atoms with E-state index in [0.29, 0.717) is 62.8 Å². The van der Waals surface area contributed by atoms with Crippen LogP contribution < -0.4 is 14.8 Å². The highest BCUT2D eigenvalue weighted by Crippen LogP contribution is 2.27. The summed E-state index contributed by atoms with van der Waals surface area (Å²) < 4.78 is 36.2. The SMILES string of the molecule is CCS(=O)(=O)N1CCN(Cc2cccc(C(=O)NCCc3ccc(OC)c(OC)c3)c2)CC1. The number of sulfonamides is 1. The summed E-state index contributed by atoms with van der Waals surface area (Å²) in [5.74, 6) is 1.37. The number of hydrogen-bond acceptors (Lipinski definition) is 6. The second kappa shape index (κ2) is 11.5. The highest BCUT2D eigenvalue weighted by molar-refractivity contribution is 7.89. The lowest BCUT2D eigenvalue weighted by Crippen LogP contribution is -2.48. The second-order valence-corrected chi connectivity index (χ2v) is 10.2. The zero-order chi connectivity index (χ0) is 23.8. The molecular weight excluding hydrogens is 442 g/mol. The van der Waals surface area contributed by atoms with E-state index in [1.807, 2.05) is 36.4 Å². The van der Waals surface area contributed by atoms with Gasteiger partial charge in [0.1, 0.15) is 0 Å². The third-order valence-electron chi connectivity index (χ3n) is 5.83. The Labute approximate surface area is 196 Å². The molecule has 3 rings (SSSR count). The van der Waals surface area contributed by atoms with Gasteiger partial charge in [-0.15, -0.1) is 0 Å². The number of hydrogen-bond donors (Lipinski definition) is 1. The molecule has 1 aliphatic heterocycles. The van der Waals surface area contributed by atoms with Gasteiger partial charge in [0.25, 0.3) is 5.91 Å². The van der Waals surface area contributed by atoms with Crippen LogP contribution in [0, 0.1) is 0 Å². The van der Waals surface area contributed by atoms with Gasteiger partial charge in [-0.05, 0) is 48.7 Å². The summed E-state index contributed by atoms with van der Waals surface area (Å²) in [5, 5.41) is 2.98. The number of ether oxygens (including phenoxy) is 2. The molecule has 0 saturated carbocycles. The van der Waals surface area contributed by atoms with Crippen molar-refractivity contribution in [3.8, 4) is 11.5 Å². The number of carbonyl (C=O) groups excluding carboxylic acids is 1. The van der Waals surface area contributed by atoms with Crippen LogP contribution in [0.2, 0.25) is 0 Å². The molecule has 0 spiro atoms. The number of piperazine rings is 1. The highest BCUT2D eigenvalue weighted by Gasteiger charge is 2.25. The summed E-state index contributed by atoms with van der Waals surface area (Å²) in [6, 6.07) is 13.3. The summed E-state index contributed by atoms with van der Waals surface area (Å²) in [7, 11) is 0.0689. The van der Waals surface area contributed by atoms with E-state index in [-0.39, 0.29) is 11.7 Å². The standard InChI is InChI=1S/C24H33N3O5S/c1-4-33(29,30)27-14-12-26(13-15-27)18-20-6-5-7-21(16-20)24(28)25-11-10-19-8-9-22(31-2)23(17-19)32-3/h5-9,16-17H,4,10-15,18H2,1-3H3,(H,25,28). The maximum absolute atomic E-state index is 12.6. The summed E-state index contributed by atoms with van der Waals surface area (Å²) in [5.41, 5.74) is 2.70. The average molecular weight is 476 g/mol. The van der Waals surface area contributed by atoms with Crippen molar-refractivity contribution in [1.82, 2.24) is 14.5 Å². The van der Waals surface area contributed by atoms with Crippen molar-refractivity contribution in [1.29, 1.82) is 0 Å². The lowest BCUT2D eigenvalue weighted by Gasteiger charge is -2.33. The van der Waals surface area contributed by atoms with Gasteiger partial charge < -0.3 is 14.8 Å². The van der Waals surface area contributed by atoms with Crippen LogP contribution in [0.1, 0.15) is 28.4 Å². The first-order chi connectivity index (χ1) is 15.9. The largest absolute Gasteiger partial charge is 0.493 e. The van der Waals surface area contributed by atoms with E-state index < -0.39 is 10.0 Å². The number of nitrogens with one attached hydrogen (secondary N) is 1. The van der Waals surface area contributed by atoms with Gasteiger partial charge in [-0.1, -0.05) is 18.2 Å². The number of amides is 1. The van der Waals surface area contributed by atoms with Gasteiger partial charge in [0.2, 0.25) is 10.0 Å². The Hall–Kier alpha value is -2.62. The Bertz CT molecular complexity index is 1050. The first-order valence-electron chi connectivity index (χ1n) is 11.1. The van der Waals surface area contributed by atoms with E-state index in [2.05, 4.69) is 10.2 Å². The molecule has 1 N–H and O–H groups in total. The Balaban J connectivity index is 1.51. The molecule has 0 bridgehead atoms. The fourth-order valence-corrected chi connectivity index (χ4v) is 4.96. The van der Waals surface area contributed by atoms with Crippen molar-refractivity contribution in [3.63, 3.8) is 0 Å². The third kappa shape index (κ3) is 6.69. The van der Waals surface area contributed by atoms with Gasteiger partial charge in [-0.3, -0.25) is 9.69 Å². The van der Waals surface area contributed by atoms with E-state index in [4.69, 9.17) is 9.47 Å². The van der Waals surface area contributed by atoms with Crippen LogP contribution in [0.3, 0.4) is 0 Å². The van der Waals surface area contributed by atoms with Crippen molar-refractivity contribution in [2.75, 3.05) is 52.7 Å². The van der Waals surface area contributed by atoms with Gasteiger partial charge in [0.05, 0.1) is 20.0 Å². The van der Waals surface area contributed by atoms with E-state index in [0.717, 1.165) is 11.1 Å². The molecule has 1 saturated heterocycles. The summed E-state index contributed by atoms with van der Waals surface area (Å²) in [6.45, 7) is 5.24. The lowest BCUT2D eigenvalue weighted by molar-refractivity contribution is 0.0954. The predicted octanol–water partition coefficient (Wildman–Crippen LogP) is 2.14. The molecule has 0 radical (unpaired) electrons. The molecule has 0 atom stereocenters. The number of nitrogens with zero attached hydrogens (tertiary/aromatic N) is 2. The quantitative estimate of drug-likeness (QED) is 0.567. The minimum absolute atomic E-state index is 0.115. The van der Waals surface area contributed by atoms with Gasteiger partial charge >= 0.3 is 0 Å². The van der Waals surface area contributed by atoms with Crippen molar-refractivity contribution in [2.24, 2.45) is 0 Å². The van der Waals surface area contributed by atoms with Crippen LogP contribution in [-0.2, 0) is 23.0 Å². The smallest absolute Gasteiger partial charge is 0.251 e. The number of benzene rings is 2. The lowest BCUT2D eigenvalue weighted by atomic mass is 10.1. The predicted molar refractivity (Wildman–Crippen MR) is 128 cm³/mol. The van der Waals surface area contributed by atoms with Crippen molar-refractivity contribution in [2.45, 2.75) is 19.9 Å². The number of carbonyl (C=O) groups is 1. The molecule has 1 amide bonds. The molecule has 0 aliphatic carbocycles. The highest BCUT2D eigenvalue weighted by atomic mass is 32.2. The molecule has 2 aromatic carbocycles. The maximum Gasteiger partial charge on any atom is 0.251 e. The molecule has 9 heteroatoms. The van der Waals surface area contributed by atoms with Crippen LogP contribution >= 0.6 is 0 Å². The zero-order valence-corrected chi connectivity index (χ0v) is 20.4. The molecule has 2 aromatic rings. The van der Waals surface area contributed by atoms with Crippen molar-refractivity contribution in [3.05, 3.63) is 59.2 Å². The van der Waals surface area contributed by atoms with Crippen LogP contribution in [0.15, 0.2) is 42.5 Å². The Morgan fingerprint density at radius 3 is 2.36 bits per heavy atom. The minimum Gasteiger partial charge on any atom is -0.493 e. The van der Waals surface area contributed by atoms with E-state index >= 15 is 0 Å². The third-order valence-corrected chi connectivity index (χ3v) is 7.71. The molecule has 0 aromatic heterocycles. The van der Waals surface area contributed by atoms with Gasteiger partial charge in [-0.25, -0.2) is 8.42 Å². The van der Waals surface area contributed by atoms with Gasteiger partial charge in [0.15, 0.2) is 11.5 Å². The average Bonchev–Trinajstić information content (AvgIpc) is 2.84. The Kier molecular flexibility index (Phi) is 8.71. The van der Waals surface area contributed by atoms with E-state index in [9.17, 15) is 13.2 Å². The van der Waals surface area contributed by atoms with Crippen LogP contribution in [-0.4, -0.2) is 76.2 Å². The Morgan fingerprint density at radius 2 is 1.70 bits per heavy atom. The molecule has 180 valence electrons. The fourth-order valence-electron chi connectivity index (χ4n) is 3.88. The van der Waals surface area contributed by atoms with Crippen molar-refractivity contribution < 1.29 is 22.7 Å². The van der Waals surface area contributed by atoms with Crippen LogP contribution in [0.5, 0.6) is 11.5 Å². The molecule has 0 unspecified atom stereocenters. The molecule has 8 nitrogen and oxygen atoms in total. The minimum atomic E-state index is -3.13. The van der Waals surface area contributed by atoms with Crippen molar-refractivity contribution >= 4 is 15.9 Å². The second-order valence-electron chi connectivity index (χ2n) is 7.97. The molecular formula is C24H33N3O5S. The molecule has 33 heavy (non-hydrogen) atoms. The first kappa shape index (κ1) is 25.0. The normalized spacial score (nSPS) is 15.2. The fraction of sp³-hybridized carbons (Fsp3) is 0.458.